The van der Waals surface area contributed by atoms with Gasteiger partial charge in [-0.25, -0.2) is 0 Å². The van der Waals surface area contributed by atoms with Gasteiger partial charge in [0.05, 0.1) is 20.8 Å². The van der Waals surface area contributed by atoms with Crippen LogP contribution in [0, 0.1) is 0 Å². The number of ether oxygens (including phenoxy) is 3. The summed E-state index contributed by atoms with van der Waals surface area (Å²) in [6.07, 6.45) is 2.33. The van der Waals surface area contributed by atoms with E-state index < -0.39 is 0 Å². The molecule has 1 aliphatic carbocycles. The maximum Gasteiger partial charge on any atom is 0.195 e. The van der Waals surface area contributed by atoms with Crippen molar-refractivity contribution in [2.75, 3.05) is 39.7 Å². The topological polar surface area (TPSA) is 64.1 Å². The smallest absolute Gasteiger partial charge is 0.195 e. The predicted octanol–water partition coefficient (Wildman–Crippen LogP) is 3.82. The van der Waals surface area contributed by atoms with E-state index in [-0.39, 0.29) is 5.41 Å². The van der Waals surface area contributed by atoms with Crippen LogP contribution >= 0.6 is 0 Å². The Bertz CT molecular complexity index is 814. The van der Waals surface area contributed by atoms with Crippen LogP contribution in [0.4, 0.5) is 5.69 Å². The second kappa shape index (κ2) is 8.87. The second-order valence-electron chi connectivity index (χ2n) is 6.86. The molecule has 0 amide bonds. The highest BCUT2D eigenvalue weighted by Gasteiger charge is 2.44. The van der Waals surface area contributed by atoms with E-state index in [1.165, 1.54) is 18.4 Å². The average Bonchev–Trinajstić information content (AvgIpc) is 3.53. The van der Waals surface area contributed by atoms with Crippen LogP contribution < -0.4 is 24.8 Å². The van der Waals surface area contributed by atoms with Gasteiger partial charge in [0, 0.05) is 30.8 Å². The van der Waals surface area contributed by atoms with Gasteiger partial charge >= 0.3 is 0 Å². The minimum absolute atomic E-state index is 0.167. The second-order valence-corrected chi connectivity index (χ2v) is 6.86. The molecule has 6 nitrogen and oxygen atoms in total. The summed E-state index contributed by atoms with van der Waals surface area (Å²) in [5, 5.41) is 6.79. The number of hydrogen-bond acceptors (Lipinski definition) is 4. The molecule has 2 aromatic carbocycles. The summed E-state index contributed by atoms with van der Waals surface area (Å²) < 4.78 is 16.3. The fraction of sp³-hybridized carbons (Fsp3) is 0.409. The molecule has 0 atom stereocenters. The molecule has 1 aliphatic rings. The molecular weight excluding hydrogens is 354 g/mol. The van der Waals surface area contributed by atoms with E-state index in [1.807, 2.05) is 37.3 Å². The lowest BCUT2D eigenvalue weighted by Gasteiger charge is -2.20. The molecule has 0 saturated heterocycles. The van der Waals surface area contributed by atoms with Crippen LogP contribution in [0.25, 0.3) is 0 Å². The van der Waals surface area contributed by atoms with Crippen LogP contribution in [0.3, 0.4) is 0 Å². The zero-order valence-corrected chi connectivity index (χ0v) is 17.0. The summed E-state index contributed by atoms with van der Waals surface area (Å²) in [5.41, 5.74) is 2.39. The number of benzene rings is 2. The molecule has 0 spiro atoms. The van der Waals surface area contributed by atoms with Gasteiger partial charge in [0.1, 0.15) is 5.75 Å². The molecule has 0 bridgehead atoms. The molecule has 0 aliphatic heterocycles. The molecule has 3 rings (SSSR count). The highest BCUT2D eigenvalue weighted by Crippen LogP contribution is 2.47. The minimum Gasteiger partial charge on any atom is -0.497 e. The lowest BCUT2D eigenvalue weighted by Crippen LogP contribution is -2.36. The summed E-state index contributed by atoms with van der Waals surface area (Å²) in [4.78, 5) is 4.35. The van der Waals surface area contributed by atoms with Crippen LogP contribution in [-0.4, -0.2) is 40.4 Å². The first-order valence-electron chi connectivity index (χ1n) is 9.57. The van der Waals surface area contributed by atoms with E-state index >= 15 is 0 Å². The standard InChI is InChI=1S/C22H29N3O3/c1-5-28-19-11-8-17(14-20(19)27-4)25-21(23-2)24-15-22(12-13-22)16-6-9-18(26-3)10-7-16/h6-11,14H,5,12-13,15H2,1-4H3,(H2,23,24,25). The lowest BCUT2D eigenvalue weighted by molar-refractivity contribution is 0.311. The number of methoxy groups -OCH3 is 2. The van der Waals surface area contributed by atoms with Crippen molar-refractivity contribution in [1.82, 2.24) is 5.32 Å². The van der Waals surface area contributed by atoms with Crippen molar-refractivity contribution in [3.63, 3.8) is 0 Å². The van der Waals surface area contributed by atoms with Crippen molar-refractivity contribution < 1.29 is 14.2 Å². The van der Waals surface area contributed by atoms with Gasteiger partial charge in [-0.1, -0.05) is 12.1 Å². The quantitative estimate of drug-likeness (QED) is 0.536. The maximum absolute atomic E-state index is 5.57. The fourth-order valence-corrected chi connectivity index (χ4v) is 3.25. The average molecular weight is 383 g/mol. The number of anilines is 1. The van der Waals surface area contributed by atoms with Gasteiger partial charge in [-0.15, -0.1) is 0 Å². The van der Waals surface area contributed by atoms with Crippen molar-refractivity contribution in [3.05, 3.63) is 48.0 Å². The van der Waals surface area contributed by atoms with Gasteiger partial charge in [-0.05, 0) is 49.6 Å². The Hall–Kier alpha value is -2.89. The first-order chi connectivity index (χ1) is 13.6. The Morgan fingerprint density at radius 1 is 1.04 bits per heavy atom. The monoisotopic (exact) mass is 383 g/mol. The molecule has 0 radical (unpaired) electrons. The molecule has 0 aromatic heterocycles. The number of rotatable bonds is 8. The number of guanidine groups is 1. The van der Waals surface area contributed by atoms with E-state index in [4.69, 9.17) is 14.2 Å². The lowest BCUT2D eigenvalue weighted by atomic mass is 9.96. The fourth-order valence-electron chi connectivity index (χ4n) is 3.25. The highest BCUT2D eigenvalue weighted by atomic mass is 16.5. The van der Waals surface area contributed by atoms with Gasteiger partial charge in [-0.3, -0.25) is 4.99 Å². The number of hydrogen-bond donors (Lipinski definition) is 2. The van der Waals surface area contributed by atoms with Crippen molar-refractivity contribution >= 4 is 11.6 Å². The summed E-state index contributed by atoms with van der Waals surface area (Å²) in [6.45, 7) is 3.38. The zero-order chi connectivity index (χ0) is 20.0. The Balaban J connectivity index is 1.63. The Morgan fingerprint density at radius 2 is 1.79 bits per heavy atom. The van der Waals surface area contributed by atoms with Gasteiger partial charge in [0.15, 0.2) is 17.5 Å². The van der Waals surface area contributed by atoms with Crippen LogP contribution in [0.2, 0.25) is 0 Å². The molecule has 1 saturated carbocycles. The third-order valence-corrected chi connectivity index (χ3v) is 5.10. The molecular formula is C22H29N3O3. The molecule has 0 heterocycles. The number of nitrogens with zero attached hydrogens (tertiary/aromatic N) is 1. The Morgan fingerprint density at radius 3 is 2.36 bits per heavy atom. The zero-order valence-electron chi connectivity index (χ0n) is 17.0. The third-order valence-electron chi connectivity index (χ3n) is 5.10. The summed E-state index contributed by atoms with van der Waals surface area (Å²) in [5.74, 6) is 3.04. The molecule has 6 heteroatoms. The molecule has 2 N–H and O–H groups in total. The normalized spacial score (nSPS) is 14.9. The van der Waals surface area contributed by atoms with Gasteiger partial charge in [0.25, 0.3) is 0 Å². The molecule has 0 unspecified atom stereocenters. The predicted molar refractivity (Wildman–Crippen MR) is 113 cm³/mol. The largest absolute Gasteiger partial charge is 0.497 e. The highest BCUT2D eigenvalue weighted by molar-refractivity contribution is 5.94. The van der Waals surface area contributed by atoms with Crippen LogP contribution in [0.5, 0.6) is 17.2 Å². The Labute approximate surface area is 166 Å². The summed E-state index contributed by atoms with van der Waals surface area (Å²) >= 11 is 0. The number of aliphatic imine (C=N–C) groups is 1. The first kappa shape index (κ1) is 19.9. The molecule has 2 aromatic rings. The van der Waals surface area contributed by atoms with Crippen LogP contribution in [-0.2, 0) is 5.41 Å². The first-order valence-corrected chi connectivity index (χ1v) is 9.57. The summed E-state index contributed by atoms with van der Waals surface area (Å²) in [6, 6.07) is 14.1. The van der Waals surface area contributed by atoms with Crippen molar-refractivity contribution in [1.29, 1.82) is 0 Å². The Kier molecular flexibility index (Phi) is 6.29. The number of nitrogens with one attached hydrogen (secondary N) is 2. The molecule has 1 fully saturated rings. The van der Waals surface area contributed by atoms with Gasteiger partial charge < -0.3 is 24.8 Å². The molecule has 150 valence electrons. The summed E-state index contributed by atoms with van der Waals surface area (Å²) in [7, 11) is 5.10. The van der Waals surface area contributed by atoms with Crippen molar-refractivity contribution in [3.8, 4) is 17.2 Å². The van der Waals surface area contributed by atoms with E-state index in [1.54, 1.807) is 21.3 Å². The van der Waals surface area contributed by atoms with E-state index in [9.17, 15) is 0 Å². The van der Waals surface area contributed by atoms with E-state index in [0.29, 0.717) is 12.4 Å². The third kappa shape index (κ3) is 4.50. The van der Waals surface area contributed by atoms with E-state index in [0.717, 1.165) is 29.7 Å². The van der Waals surface area contributed by atoms with Gasteiger partial charge in [0.2, 0.25) is 0 Å². The van der Waals surface area contributed by atoms with Crippen LogP contribution in [0.1, 0.15) is 25.3 Å². The molecule has 28 heavy (non-hydrogen) atoms. The SMILES string of the molecule is CCOc1ccc(NC(=NC)NCC2(c3ccc(OC)cc3)CC2)cc1OC. The maximum atomic E-state index is 5.57. The minimum atomic E-state index is 0.167. The van der Waals surface area contributed by atoms with Crippen LogP contribution in [0.15, 0.2) is 47.5 Å². The van der Waals surface area contributed by atoms with Crippen molar-refractivity contribution in [2.24, 2.45) is 4.99 Å². The van der Waals surface area contributed by atoms with E-state index in [2.05, 4.69) is 27.8 Å². The van der Waals surface area contributed by atoms with Crippen molar-refractivity contribution in [2.45, 2.75) is 25.2 Å². The van der Waals surface area contributed by atoms with Gasteiger partial charge in [-0.2, -0.15) is 0 Å².